The molecule has 5 aromatic rings. The van der Waals surface area contributed by atoms with Gasteiger partial charge in [-0.3, -0.25) is 0 Å². The molecule has 0 saturated heterocycles. The van der Waals surface area contributed by atoms with Crippen molar-refractivity contribution in [3.05, 3.63) is 130 Å². The van der Waals surface area contributed by atoms with E-state index in [0.717, 1.165) is 28.2 Å². The van der Waals surface area contributed by atoms with Crippen LogP contribution in [0.2, 0.25) is 10.0 Å². The Morgan fingerprint density at radius 2 is 1.19 bits per heavy atom. The van der Waals surface area contributed by atoms with Gasteiger partial charge < -0.3 is 10.1 Å². The number of nitrogens with zero attached hydrogens (tertiary/aromatic N) is 2. The van der Waals surface area contributed by atoms with Gasteiger partial charge in [-0.2, -0.15) is 11.4 Å². The summed E-state index contributed by atoms with van der Waals surface area (Å²) in [6, 6.07) is 30.8. The number of phenolic OH excluding ortho intramolecular Hbond substituents is 1. The second kappa shape index (κ2) is 15.9. The molecule has 42 heavy (non-hydrogen) atoms. The van der Waals surface area contributed by atoms with E-state index in [2.05, 4.69) is 33.7 Å². The maximum atomic E-state index is 13.9. The summed E-state index contributed by atoms with van der Waals surface area (Å²) in [5.41, 5.74) is 5.81. The van der Waals surface area contributed by atoms with Gasteiger partial charge >= 0.3 is 109 Å². The van der Waals surface area contributed by atoms with Crippen molar-refractivity contribution in [1.29, 1.82) is 0 Å². The van der Waals surface area contributed by atoms with E-state index in [0.29, 0.717) is 21.2 Å². The van der Waals surface area contributed by atoms with Gasteiger partial charge in [0.2, 0.25) is 0 Å². The van der Waals surface area contributed by atoms with Gasteiger partial charge in [0.25, 0.3) is 0 Å². The number of benzene rings is 4. The minimum absolute atomic E-state index is 0.101. The Balaban J connectivity index is 0.000000193. The van der Waals surface area contributed by atoms with Crippen LogP contribution < -0.4 is 4.98 Å². The van der Waals surface area contributed by atoms with E-state index in [4.69, 9.17) is 23.2 Å². The third-order valence-electron chi connectivity index (χ3n) is 5.65. The van der Waals surface area contributed by atoms with E-state index in [1.165, 1.54) is 12.1 Å². The molecule has 218 valence electrons. The molecule has 0 aliphatic rings. The van der Waals surface area contributed by atoms with Crippen LogP contribution >= 0.6 is 23.2 Å². The third kappa shape index (κ3) is 10.6. The van der Waals surface area contributed by atoms with Gasteiger partial charge in [0.1, 0.15) is 11.6 Å². The maximum absolute atomic E-state index is 13.9. The Kier molecular flexibility index (Phi) is 12.6. The number of rotatable bonds is 3. The van der Waals surface area contributed by atoms with Crippen LogP contribution in [0.5, 0.6) is 5.75 Å². The number of aryl methyl sites for hydroxylation is 2. The quantitative estimate of drug-likeness (QED) is 0.199. The summed E-state index contributed by atoms with van der Waals surface area (Å²) in [5, 5.41) is 11.7. The van der Waals surface area contributed by atoms with E-state index < -0.39 is 17.9 Å². The molecule has 7 heteroatoms. The molecule has 0 atom stereocenters. The van der Waals surface area contributed by atoms with Crippen LogP contribution in [0.25, 0.3) is 22.3 Å². The summed E-state index contributed by atoms with van der Waals surface area (Å²) in [7, 11) is 0. The molecule has 1 aromatic heterocycles. The standard InChI is InChI=1S/C18H13FO.C6H3Cl2N.C6H8N.C5H10.W/c19-15-11-16(13-7-3-1-4-8-13)18(20)17(12-15)14-9-5-2-6-10-14;7-4-2-1-3-5(8)6(4)9;1-5-3-4-6(2)7-5;1-5(2,3)4;/h1-12,20H;1-3H;3-4H,1-2H3;1H,2-4H3;/q;;-1;;. The van der Waals surface area contributed by atoms with Crippen LogP contribution in [0, 0.1) is 25.1 Å². The van der Waals surface area contributed by atoms with Crippen molar-refractivity contribution in [3.63, 3.8) is 0 Å². The first-order valence-electron chi connectivity index (χ1n) is 13.3. The molecule has 1 N–H and O–H groups in total. The number of aromatic hydroxyl groups is 1. The van der Waals surface area contributed by atoms with Gasteiger partial charge in [-0.15, -0.1) is 0 Å². The van der Waals surface area contributed by atoms with E-state index in [1.807, 2.05) is 105 Å². The second-order valence-corrected chi connectivity index (χ2v) is 13.6. The summed E-state index contributed by atoms with van der Waals surface area (Å²) in [6.07, 6.45) is 0. The molecule has 0 aliphatic heterocycles. The zero-order valence-electron chi connectivity index (χ0n) is 24.3. The first-order valence-corrected chi connectivity index (χ1v) is 17.1. The number of hydrogen-bond acceptors (Lipinski definition) is 2. The molecule has 0 bridgehead atoms. The minimum atomic E-state index is -0.850. The molecule has 0 unspecified atom stereocenters. The van der Waals surface area contributed by atoms with Crippen molar-refractivity contribution >= 4 is 33.3 Å². The van der Waals surface area contributed by atoms with Crippen molar-refractivity contribution < 1.29 is 27.4 Å². The summed E-state index contributed by atoms with van der Waals surface area (Å²) < 4.78 is 20.7. The van der Waals surface area contributed by atoms with E-state index in [9.17, 15) is 9.50 Å². The van der Waals surface area contributed by atoms with Crippen LogP contribution in [0.4, 0.5) is 10.1 Å². The van der Waals surface area contributed by atoms with Crippen molar-refractivity contribution in [2.45, 2.75) is 34.6 Å². The number of phenols is 1. The molecular weight excluding hydrogens is 738 g/mol. The van der Waals surface area contributed by atoms with Crippen molar-refractivity contribution in [2.75, 3.05) is 0 Å². The van der Waals surface area contributed by atoms with Crippen LogP contribution in [0.3, 0.4) is 0 Å². The third-order valence-corrected chi connectivity index (χ3v) is 10.2. The second-order valence-electron chi connectivity index (χ2n) is 10.6. The molecule has 0 fully saturated rings. The van der Waals surface area contributed by atoms with Crippen LogP contribution in [0.1, 0.15) is 32.2 Å². The van der Waals surface area contributed by atoms with Crippen molar-refractivity contribution in [3.8, 4) is 28.0 Å². The Bertz CT molecular complexity index is 1560. The molecule has 0 radical (unpaired) electrons. The first-order chi connectivity index (χ1) is 19.9. The van der Waals surface area contributed by atoms with Crippen LogP contribution in [0.15, 0.2) is 107 Å². The molecular formula is C35H34Cl2FN2OW-. The normalized spacial score (nSPS) is 10.5. The van der Waals surface area contributed by atoms with Gasteiger partial charge in [-0.1, -0.05) is 86.6 Å². The molecule has 3 nitrogen and oxygen atoms in total. The van der Waals surface area contributed by atoms with E-state index in [-0.39, 0.29) is 17.0 Å². The van der Waals surface area contributed by atoms with Crippen LogP contribution in [-0.2, 0) is 17.9 Å². The monoisotopic (exact) mass is 771 g/mol. The number of halogens is 3. The van der Waals surface area contributed by atoms with Gasteiger partial charge in [-0.05, 0) is 23.3 Å². The minimum Gasteiger partial charge on any atom is -0.665 e. The predicted molar refractivity (Wildman–Crippen MR) is 172 cm³/mol. The van der Waals surface area contributed by atoms with Gasteiger partial charge in [0, 0.05) is 11.1 Å². The fourth-order valence-electron chi connectivity index (χ4n) is 3.68. The predicted octanol–water partition coefficient (Wildman–Crippen LogP) is 10.9. The first kappa shape index (κ1) is 33.3. The fraction of sp³-hybridized carbons (Fsp3) is 0.171. The SMILES string of the molecule is CC(C)(C)[CH]=[W]=[N]c1c(Cl)cccc1Cl.Cc1ccc(C)[n-]1.Oc1c(-c2ccccc2)cc(F)cc1-c1ccccc1. The molecule has 1 heterocycles. The molecule has 0 saturated carbocycles. The number of hydrogen-bond donors (Lipinski definition) is 1. The average molecular weight is 772 g/mol. The number of aromatic nitrogens is 1. The molecule has 0 aliphatic carbocycles. The molecule has 4 aromatic carbocycles. The summed E-state index contributed by atoms with van der Waals surface area (Å²) in [4.78, 5) is 4.11. The van der Waals surface area contributed by atoms with Crippen LogP contribution in [-0.4, -0.2) is 9.51 Å². The molecule has 0 spiro atoms. The molecule has 5 rings (SSSR count). The summed E-state index contributed by atoms with van der Waals surface area (Å²) in [5.74, 6) is -0.260. The zero-order valence-corrected chi connectivity index (χ0v) is 28.7. The topological polar surface area (TPSA) is 46.7 Å². The average Bonchev–Trinajstić information content (AvgIpc) is 3.34. The van der Waals surface area contributed by atoms with E-state index in [1.54, 1.807) is 0 Å². The Morgan fingerprint density at radius 3 is 1.57 bits per heavy atom. The van der Waals surface area contributed by atoms with E-state index >= 15 is 0 Å². The maximum Gasteiger partial charge on any atom is 0.131 e. The van der Waals surface area contributed by atoms with Gasteiger partial charge in [0.15, 0.2) is 0 Å². The smallest absolute Gasteiger partial charge is 0.131 e. The summed E-state index contributed by atoms with van der Waals surface area (Å²) in [6.45, 7) is 10.5. The fourth-order valence-corrected chi connectivity index (χ4v) is 6.98. The largest absolute Gasteiger partial charge is 0.665 e. The Labute approximate surface area is 266 Å². The zero-order chi connectivity index (χ0) is 30.7. The summed E-state index contributed by atoms with van der Waals surface area (Å²) >= 11 is 11.2. The van der Waals surface area contributed by atoms with Crippen molar-refractivity contribution in [2.24, 2.45) is 8.91 Å². The van der Waals surface area contributed by atoms with Crippen molar-refractivity contribution in [1.82, 2.24) is 4.98 Å². The Morgan fingerprint density at radius 1 is 0.738 bits per heavy atom. The Hall–Kier alpha value is -3.17. The van der Waals surface area contributed by atoms with Gasteiger partial charge in [-0.25, -0.2) is 4.39 Å². The van der Waals surface area contributed by atoms with Gasteiger partial charge in [0.05, 0.1) is 0 Å². The molecule has 0 amide bonds.